The van der Waals surface area contributed by atoms with Crippen LogP contribution >= 0.6 is 0 Å². The average molecular weight is 1660 g/mol. The Balaban J connectivity index is 0.000000208. The van der Waals surface area contributed by atoms with Crippen LogP contribution in [-0.2, 0) is 59.4 Å². The highest BCUT2D eigenvalue weighted by atomic mass is 16.6. The van der Waals surface area contributed by atoms with Gasteiger partial charge in [-0.3, -0.25) is 63.6 Å². The molecule has 5 heterocycles. The van der Waals surface area contributed by atoms with E-state index >= 15 is 0 Å². The molecule has 3 aromatic heterocycles. The van der Waals surface area contributed by atoms with Crippen LogP contribution in [0.4, 0.5) is 5.69 Å². The van der Waals surface area contributed by atoms with Crippen molar-refractivity contribution in [1.82, 2.24) is 51.9 Å². The number of piperidine rings is 1. The van der Waals surface area contributed by atoms with Gasteiger partial charge >= 0.3 is 0 Å². The summed E-state index contributed by atoms with van der Waals surface area (Å²) in [5, 5.41) is 37.5. The van der Waals surface area contributed by atoms with E-state index in [-0.39, 0.29) is 47.4 Å². The van der Waals surface area contributed by atoms with E-state index in [0.29, 0.717) is 93.7 Å². The first kappa shape index (κ1) is 94.2. The Hall–Kier alpha value is -12.3. The summed E-state index contributed by atoms with van der Waals surface area (Å²) in [7, 11) is 9.36. The number of unbranched alkanes of at least 4 members (excludes halogenated alkanes) is 3. The van der Waals surface area contributed by atoms with Crippen molar-refractivity contribution in [3.05, 3.63) is 232 Å². The lowest BCUT2D eigenvalue weighted by Gasteiger charge is -2.39. The number of furan rings is 1. The molecule has 9 aromatic rings. The first-order valence-electron chi connectivity index (χ1n) is 41.3. The number of Topliss-reactive ketones (excluding diaryl/α,β-unsaturated/α-hetero) is 3. The number of fused-ring (bicyclic) bond motifs is 4. The number of allylic oxidation sites excluding steroid dienone is 3. The highest BCUT2D eigenvalue weighted by Crippen LogP contribution is 2.31. The molecule has 10 N–H and O–H groups in total. The van der Waals surface area contributed by atoms with Gasteiger partial charge in [0.1, 0.15) is 48.4 Å². The van der Waals surface area contributed by atoms with Crippen LogP contribution in [0.15, 0.2) is 186 Å². The second-order valence-corrected chi connectivity index (χ2v) is 31.1. The van der Waals surface area contributed by atoms with Crippen molar-refractivity contribution in [2.75, 3.05) is 53.4 Å². The van der Waals surface area contributed by atoms with Crippen LogP contribution in [0, 0.1) is 18.8 Å². The maximum Gasteiger partial charge on any atom is 0.274 e. The maximum absolute atomic E-state index is 13.9. The number of ether oxygens (including phenoxy) is 1. The van der Waals surface area contributed by atoms with Gasteiger partial charge in [0, 0.05) is 127 Å². The summed E-state index contributed by atoms with van der Waals surface area (Å²) in [5.41, 5.74) is 16.9. The number of carbonyl (C=O) groups excluding carboxylic acids is 10. The molecule has 2 fully saturated rings. The molecule has 11 rings (SSSR count). The summed E-state index contributed by atoms with van der Waals surface area (Å²) in [6.45, 7) is 12.7. The van der Waals surface area contributed by atoms with Crippen LogP contribution < -0.4 is 46.9 Å². The third-order valence-corrected chi connectivity index (χ3v) is 21.2. The van der Waals surface area contributed by atoms with E-state index in [0.717, 1.165) is 94.8 Å². The van der Waals surface area contributed by atoms with E-state index in [1.165, 1.54) is 45.4 Å². The van der Waals surface area contributed by atoms with Crippen molar-refractivity contribution >= 4 is 103 Å². The number of aromatic nitrogens is 2. The summed E-state index contributed by atoms with van der Waals surface area (Å²) in [6, 6.07) is 42.3. The van der Waals surface area contributed by atoms with Gasteiger partial charge in [-0.1, -0.05) is 137 Å². The van der Waals surface area contributed by atoms with E-state index in [2.05, 4.69) is 64.3 Å². The number of hydroxylamine groups is 3. The SMILES string of the molecule is CC(/C=C/C(=O)NO)=C\[C@@H](C)C(=O)c1ccc(N(C)C)cc1.CCC(=O)CCCCC[C@@H]1NC(=O)[C@H]2CCCCN2C(=O)C(C(C)C)NC(=O)[C@H](Cc2cn(OC)c3ccccc23)NC1=O.CN(C)Cc1c(C(=O)CCCOc2ccc(C(=O)NO)cc2)oc2ccccc12.Cc1[nH]c2ccccc2c1CCCCc1ccc(/C=C/C(=O)NO)cc1. The fourth-order valence-corrected chi connectivity index (χ4v) is 14.6. The smallest absolute Gasteiger partial charge is 0.274 e. The number of anilines is 1. The molecule has 1 unspecified atom stereocenters. The molecular weight excluding hydrogens is 1540 g/mol. The molecule has 0 spiro atoms. The highest BCUT2D eigenvalue weighted by molar-refractivity contribution is 6.02. The van der Waals surface area contributed by atoms with Crippen LogP contribution in [0.1, 0.15) is 183 Å². The quantitative estimate of drug-likeness (QED) is 0.00456. The summed E-state index contributed by atoms with van der Waals surface area (Å²) in [6.07, 6.45) is 20.2. The normalized spacial score (nSPS) is 15.9. The number of carbonyl (C=O) groups is 10. The number of nitrogens with one attached hydrogen (secondary N) is 7. The highest BCUT2D eigenvalue weighted by Gasteiger charge is 2.41. The van der Waals surface area contributed by atoms with E-state index in [9.17, 15) is 47.9 Å². The van der Waals surface area contributed by atoms with Gasteiger partial charge in [0.05, 0.1) is 12.1 Å². The molecule has 2 saturated heterocycles. The monoisotopic (exact) mass is 1660 g/mol. The minimum Gasteiger partial charge on any atom is -0.494 e. The van der Waals surface area contributed by atoms with Gasteiger partial charge in [0.25, 0.3) is 17.7 Å². The molecule has 2 aliphatic rings. The summed E-state index contributed by atoms with van der Waals surface area (Å²) < 4.78 is 13.1. The molecule has 27 nitrogen and oxygen atoms in total. The van der Waals surface area contributed by atoms with Crippen molar-refractivity contribution in [2.45, 2.75) is 175 Å². The van der Waals surface area contributed by atoms with Crippen molar-refractivity contribution in [3.63, 3.8) is 0 Å². The van der Waals surface area contributed by atoms with E-state index in [1.54, 1.807) is 83.3 Å². The van der Waals surface area contributed by atoms with Crippen LogP contribution in [0.3, 0.4) is 0 Å². The molecule has 7 amide bonds. The maximum atomic E-state index is 13.9. The Morgan fingerprint density at radius 2 is 1.30 bits per heavy atom. The number of ketones is 3. The van der Waals surface area contributed by atoms with Gasteiger partial charge in [0.2, 0.25) is 23.6 Å². The Morgan fingerprint density at radius 3 is 1.97 bits per heavy atom. The number of hydrogen-bond acceptors (Lipinski definition) is 18. The average Bonchev–Trinajstić information content (AvgIpc) is 1.64. The third-order valence-electron chi connectivity index (χ3n) is 21.2. The second kappa shape index (κ2) is 47.5. The number of aryl methyl sites for hydroxylation is 3. The summed E-state index contributed by atoms with van der Waals surface area (Å²) >= 11 is 0. The number of H-pyrrole nitrogens is 1. The zero-order valence-corrected chi connectivity index (χ0v) is 71.2. The lowest BCUT2D eigenvalue weighted by atomic mass is 9.95. The molecule has 0 aliphatic carbocycles. The number of hydrogen-bond donors (Lipinski definition) is 10. The minimum atomic E-state index is -1.01. The predicted molar refractivity (Wildman–Crippen MR) is 467 cm³/mol. The summed E-state index contributed by atoms with van der Waals surface area (Å²) in [4.78, 5) is 140. The fraction of sp³-hybridized carbons (Fsp3) is 0.383. The molecule has 0 bridgehead atoms. The van der Waals surface area contributed by atoms with Crippen molar-refractivity contribution in [2.24, 2.45) is 11.8 Å². The number of aromatic amines is 1. The van der Waals surface area contributed by atoms with Crippen molar-refractivity contribution in [3.8, 4) is 5.75 Å². The largest absolute Gasteiger partial charge is 0.494 e. The number of amides is 7. The van der Waals surface area contributed by atoms with Gasteiger partial charge in [-0.2, -0.15) is 4.73 Å². The Morgan fingerprint density at radius 1 is 0.653 bits per heavy atom. The predicted octanol–water partition coefficient (Wildman–Crippen LogP) is 13.5. The Labute approximate surface area is 707 Å². The summed E-state index contributed by atoms with van der Waals surface area (Å²) in [5.74, 6) is -2.62. The minimum absolute atomic E-state index is 0.0182. The Kier molecular flexibility index (Phi) is 37.0. The Bertz CT molecular complexity index is 5080. The lowest BCUT2D eigenvalue weighted by molar-refractivity contribution is -0.147. The van der Waals surface area contributed by atoms with Crippen LogP contribution in [0.2, 0.25) is 0 Å². The molecule has 0 saturated carbocycles. The molecule has 2 aliphatic heterocycles. The van der Waals surface area contributed by atoms with Crippen molar-refractivity contribution < 1.29 is 77.6 Å². The first-order valence-corrected chi connectivity index (χ1v) is 41.3. The van der Waals surface area contributed by atoms with Gasteiger partial charge in [0.15, 0.2) is 17.3 Å². The van der Waals surface area contributed by atoms with Crippen LogP contribution in [0.5, 0.6) is 5.75 Å². The zero-order chi connectivity index (χ0) is 87.7. The topological polar surface area (TPSA) is 366 Å². The molecule has 6 aromatic carbocycles. The third kappa shape index (κ3) is 27.9. The molecule has 0 radical (unpaired) electrons. The van der Waals surface area contributed by atoms with E-state index in [1.807, 2.05) is 151 Å². The van der Waals surface area contributed by atoms with Crippen LogP contribution in [-0.4, -0.2) is 166 Å². The molecule has 644 valence electrons. The van der Waals surface area contributed by atoms with Crippen LogP contribution in [0.25, 0.3) is 38.9 Å². The fourth-order valence-electron chi connectivity index (χ4n) is 14.6. The van der Waals surface area contributed by atoms with Gasteiger partial charge in [-0.25, -0.2) is 16.4 Å². The van der Waals surface area contributed by atoms with Crippen molar-refractivity contribution in [1.29, 1.82) is 0 Å². The molecule has 121 heavy (non-hydrogen) atoms. The molecule has 27 heteroatoms. The standard InChI is InChI=1S/C33H47N5O6.C22H24N2O5.C22H24N2O2.C17H22N2O3/c1-5-23(39)13-7-6-8-15-25-30(40)35-26(19-22-20-38(44-4)27-16-10-9-14-24(22)27)31(41)36-29(21(2)3)33(43)37-18-12-11-17-28(37)32(42)34-25;1-24(2)14-18-17-6-3-4-8-20(17)29-21(18)19(25)7-5-13-28-16-11-9-15(10-12-16)22(26)23-27;1-16-19(20-8-4-5-9-21(20)23-16)7-3-2-6-17-10-12-18(13-11-17)14-15-22(25)24-26;1-12(5-10-16(20)18-22)11-13(2)17(21)14-6-8-15(9-7-14)19(3)4/h9-10,14,16,20-21,25-26,28-29H,5-8,11-13,15,17-19H2,1-4H3,(H,34,42)(H,35,40)(H,36,41);3-4,6,8-12,27H,5,7,13-14H2,1-2H3,(H,23,26);4-5,8-15,23,26H,2-3,6-7H2,1H3,(H,24,25);5-11,13,22H,1-4H3,(H,18,20)/b;;15-14+;10-5+,12-11+/t25-,26-,28+,29?;;;13-/m0..1/s1. The molecule has 5 atom stereocenters. The number of benzene rings is 6. The van der Waals surface area contributed by atoms with Gasteiger partial charge in [-0.05, 0) is 193 Å². The number of nitrogens with zero attached hydrogens (tertiary/aromatic N) is 4. The molecular formula is C94H117N11O16. The lowest BCUT2D eigenvalue weighted by Crippen LogP contribution is -2.64. The zero-order valence-electron chi connectivity index (χ0n) is 71.2. The second-order valence-electron chi connectivity index (χ2n) is 31.1. The van der Waals surface area contributed by atoms with E-state index in [4.69, 9.17) is 29.6 Å². The number of para-hydroxylation sites is 3. The number of rotatable bonds is 33. The van der Waals surface area contributed by atoms with Gasteiger partial charge in [-0.15, -0.1) is 0 Å². The van der Waals surface area contributed by atoms with E-state index < -0.39 is 53.7 Å². The van der Waals surface area contributed by atoms with Gasteiger partial charge < -0.3 is 49.6 Å². The first-order chi connectivity index (χ1) is 58.1.